The van der Waals surface area contributed by atoms with Crippen LogP contribution in [0.1, 0.15) is 33.6 Å². The second-order valence-corrected chi connectivity index (χ2v) is 11.1. The van der Waals surface area contributed by atoms with Crippen LogP contribution in [0, 0.1) is 12.2 Å². The summed E-state index contributed by atoms with van der Waals surface area (Å²) < 4.78 is 0. The smallest absolute Gasteiger partial charge is 0.109 e. The summed E-state index contributed by atoms with van der Waals surface area (Å²) in [5.74, 6) is 0. The Balaban J connectivity index is -0.000000206. The molecule has 0 aromatic heterocycles. The van der Waals surface area contributed by atoms with Gasteiger partial charge in [0.15, 0.2) is 0 Å². The second kappa shape index (κ2) is 14.9. The van der Waals surface area contributed by atoms with Gasteiger partial charge in [0.25, 0.3) is 0 Å². The largest absolute Gasteiger partial charge is 0.273 e. The molecule has 0 saturated carbocycles. The van der Waals surface area contributed by atoms with Crippen molar-refractivity contribution in [1.82, 2.24) is 0 Å². The summed E-state index contributed by atoms with van der Waals surface area (Å²) in [6, 6.07) is 0. The molecule has 0 aliphatic heterocycles. The second-order valence-electron chi connectivity index (χ2n) is 4.39. The minimum atomic E-state index is 0. The molecule has 0 amide bonds. The van der Waals surface area contributed by atoms with Crippen molar-refractivity contribution in [3.63, 3.8) is 0 Å². The van der Waals surface area contributed by atoms with Crippen LogP contribution in [0.4, 0.5) is 0 Å². The van der Waals surface area contributed by atoms with E-state index in [4.69, 9.17) is 0 Å². The maximum atomic E-state index is 3.26. The van der Waals surface area contributed by atoms with E-state index in [9.17, 15) is 0 Å². The van der Waals surface area contributed by atoms with Crippen LogP contribution in [0.25, 0.3) is 0 Å². The van der Waals surface area contributed by atoms with E-state index >= 15 is 0 Å². The zero-order valence-corrected chi connectivity index (χ0v) is 16.7. The molecule has 0 aromatic carbocycles. The van der Waals surface area contributed by atoms with Gasteiger partial charge in [-0.2, -0.15) is 17.2 Å². The van der Waals surface area contributed by atoms with Crippen molar-refractivity contribution in [3.8, 4) is 0 Å². The molecule has 106 valence electrons. The summed E-state index contributed by atoms with van der Waals surface area (Å²) in [6.45, 7) is 11.0. The van der Waals surface area contributed by atoms with Gasteiger partial charge in [-0.1, -0.05) is 13.8 Å². The Morgan fingerprint density at radius 1 is 1.16 bits per heavy atom. The molecule has 0 unspecified atom stereocenters. The molecule has 4 heteroatoms. The molecule has 0 fully saturated rings. The Hall–Kier alpha value is 0.471. The first-order valence-electron chi connectivity index (χ1n) is 5.92. The summed E-state index contributed by atoms with van der Waals surface area (Å²) in [5.41, 5.74) is 4.25. The molecule has 2 aliphatic rings. The molecule has 0 heterocycles. The first-order chi connectivity index (χ1) is 7.95. The topological polar surface area (TPSA) is 0 Å². The van der Waals surface area contributed by atoms with Gasteiger partial charge in [-0.15, -0.1) is 44.6 Å². The predicted molar refractivity (Wildman–Crippen MR) is 89.0 cm³/mol. The third kappa shape index (κ3) is 14.7. The van der Waals surface area contributed by atoms with Gasteiger partial charge in [-0.25, -0.2) is 17.7 Å². The minimum absolute atomic E-state index is 0. The quantitative estimate of drug-likeness (QED) is 0.404. The van der Waals surface area contributed by atoms with Crippen molar-refractivity contribution in [2.24, 2.45) is 0 Å². The van der Waals surface area contributed by atoms with E-state index in [0.29, 0.717) is 0 Å². The van der Waals surface area contributed by atoms with Gasteiger partial charge in [0.1, 0.15) is 0 Å². The average molecular weight is 351 g/mol. The van der Waals surface area contributed by atoms with Gasteiger partial charge in [0, 0.05) is 0 Å². The van der Waals surface area contributed by atoms with E-state index < -0.39 is 0 Å². The van der Waals surface area contributed by atoms with Crippen LogP contribution in [-0.2, 0) is 19.2 Å². The molecule has 0 spiro atoms. The van der Waals surface area contributed by atoms with E-state index in [2.05, 4.69) is 71.3 Å². The minimum Gasteiger partial charge on any atom is -0.273 e. The Labute approximate surface area is 143 Å². The Morgan fingerprint density at radius 3 is 1.79 bits per heavy atom. The SMILES string of the molecule is CC1=[C-]CC(C)=C1C.C[Si](C)=[Ti+2].Cl.Cl.[C-]1=CC=CC1. The van der Waals surface area contributed by atoms with Gasteiger partial charge >= 0.3 is 38.5 Å². The van der Waals surface area contributed by atoms with E-state index in [1.807, 2.05) is 12.2 Å². The van der Waals surface area contributed by atoms with Gasteiger partial charge < -0.3 is 0 Å². The van der Waals surface area contributed by atoms with Gasteiger partial charge in [0.05, 0.1) is 0 Å². The van der Waals surface area contributed by atoms with Crippen molar-refractivity contribution in [1.29, 1.82) is 0 Å². The molecule has 0 radical (unpaired) electrons. The van der Waals surface area contributed by atoms with Crippen molar-refractivity contribution in [2.75, 3.05) is 0 Å². The van der Waals surface area contributed by atoms with Crippen LogP contribution >= 0.6 is 24.8 Å². The summed E-state index contributed by atoms with van der Waals surface area (Å²) in [7, 11) is 0. The zero-order valence-electron chi connectivity index (χ0n) is 12.5. The van der Waals surface area contributed by atoms with E-state index in [-0.39, 0.29) is 31.0 Å². The number of halogens is 2. The number of rotatable bonds is 0. The summed E-state index contributed by atoms with van der Waals surface area (Å²) in [6.07, 6.45) is 14.4. The van der Waals surface area contributed by atoms with Crippen LogP contribution in [0.2, 0.25) is 13.1 Å². The molecule has 0 bridgehead atoms. The monoisotopic (exact) mass is 350 g/mol. The van der Waals surface area contributed by atoms with Crippen molar-refractivity contribution in [2.45, 2.75) is 46.7 Å². The molecule has 0 aromatic rings. The van der Waals surface area contributed by atoms with Crippen LogP contribution < -0.4 is 0 Å². The molecular formula is C15H24Cl2SiTi. The molecule has 0 N–H and O–H groups in total. The van der Waals surface area contributed by atoms with Crippen molar-refractivity contribution in [3.05, 3.63) is 47.1 Å². The number of hydrogen-bond acceptors (Lipinski definition) is 0. The first kappa shape index (κ1) is 24.5. The standard InChI is InChI=1S/C8H11.C5H5.C2H6Si.2ClH.Ti/c1-6-4-5-7(2)8(6)3;1-2-4-5-3-1;1-3-2;;;/h4H2,1-3H3;1-3H,4H2;1-2H3;2*1H;/q2*-1;;;;+2. The van der Waals surface area contributed by atoms with Gasteiger partial charge in [0.2, 0.25) is 0 Å². The summed E-state index contributed by atoms with van der Waals surface area (Å²) in [4.78, 5) is 0. The third-order valence-corrected chi connectivity index (χ3v) is 2.41. The molecule has 0 nitrogen and oxygen atoms in total. The van der Waals surface area contributed by atoms with Gasteiger partial charge in [-0.05, 0) is 0 Å². The number of hydrogen-bond donors (Lipinski definition) is 0. The maximum absolute atomic E-state index is 3.26. The molecule has 2 aliphatic carbocycles. The molecule has 0 atom stereocenters. The third-order valence-electron chi connectivity index (χ3n) is 2.41. The predicted octanol–water partition coefficient (Wildman–Crippen LogP) is 5.41. The Kier molecular flexibility index (Phi) is 19.2. The fourth-order valence-electron chi connectivity index (χ4n) is 1.19. The Morgan fingerprint density at radius 2 is 1.68 bits per heavy atom. The fraction of sp³-hybridized carbons (Fsp3) is 0.467. The van der Waals surface area contributed by atoms with E-state index in [1.165, 1.54) is 16.7 Å². The molecule has 2 rings (SSSR count). The molecule has 0 saturated heterocycles. The first-order valence-corrected chi connectivity index (χ1v) is 10.8. The van der Waals surface area contributed by atoms with Crippen LogP contribution in [0.15, 0.2) is 34.9 Å². The van der Waals surface area contributed by atoms with Gasteiger partial charge in [-0.3, -0.25) is 12.2 Å². The number of allylic oxidation sites excluding steroid dienone is 8. The van der Waals surface area contributed by atoms with Crippen LogP contribution in [-0.4, -0.2) is 6.19 Å². The van der Waals surface area contributed by atoms with Crippen LogP contribution in [0.5, 0.6) is 0 Å². The molecular weight excluding hydrogens is 327 g/mol. The normalized spacial score (nSPS) is 14.4. The summed E-state index contributed by atoms with van der Waals surface area (Å²) >= 11 is 2.27. The maximum Gasteiger partial charge on any atom is -0.109 e. The molecule has 19 heavy (non-hydrogen) atoms. The van der Waals surface area contributed by atoms with Crippen molar-refractivity contribution < 1.29 is 19.2 Å². The van der Waals surface area contributed by atoms with E-state index in [1.54, 1.807) is 0 Å². The average Bonchev–Trinajstić information content (AvgIpc) is 2.88. The summed E-state index contributed by atoms with van der Waals surface area (Å²) in [5, 5.41) is 0. The van der Waals surface area contributed by atoms with E-state index in [0.717, 1.165) is 12.8 Å². The zero-order chi connectivity index (χ0) is 13.3. The van der Waals surface area contributed by atoms with Crippen LogP contribution in [0.3, 0.4) is 0 Å². The fourth-order valence-corrected chi connectivity index (χ4v) is 1.19. The van der Waals surface area contributed by atoms with Crippen molar-refractivity contribution >= 4 is 31.0 Å². The Bertz CT molecular complexity index is 360.